The van der Waals surface area contributed by atoms with Gasteiger partial charge in [0.15, 0.2) is 0 Å². The van der Waals surface area contributed by atoms with E-state index in [9.17, 15) is 4.79 Å². The van der Waals surface area contributed by atoms with E-state index >= 15 is 0 Å². The normalized spacial score (nSPS) is 21.1. The summed E-state index contributed by atoms with van der Waals surface area (Å²) in [6.07, 6.45) is 4.10. The molecule has 0 bridgehead atoms. The lowest BCUT2D eigenvalue weighted by Gasteiger charge is -2.35. The van der Waals surface area contributed by atoms with Crippen LogP contribution in [0.1, 0.15) is 22.7 Å². The van der Waals surface area contributed by atoms with Gasteiger partial charge in [0, 0.05) is 43.8 Å². The van der Waals surface area contributed by atoms with E-state index < -0.39 is 0 Å². The summed E-state index contributed by atoms with van der Waals surface area (Å²) >= 11 is 1.77. The lowest BCUT2D eigenvalue weighted by Crippen LogP contribution is -2.52. The molecule has 5 nitrogen and oxygen atoms in total. The summed E-state index contributed by atoms with van der Waals surface area (Å²) in [5, 5.41) is 4.42. The fourth-order valence-corrected chi connectivity index (χ4v) is 3.78. The van der Waals surface area contributed by atoms with Crippen LogP contribution in [0.25, 0.3) is 0 Å². The third-order valence-electron chi connectivity index (χ3n) is 4.09. The topological polar surface area (TPSA) is 48.5 Å². The lowest BCUT2D eigenvalue weighted by molar-refractivity contribution is -0.134. The van der Waals surface area contributed by atoms with Crippen molar-refractivity contribution in [3.8, 4) is 0 Å². The summed E-state index contributed by atoms with van der Waals surface area (Å²) in [6.45, 7) is 7.64. The van der Waals surface area contributed by atoms with Crippen LogP contribution in [0.15, 0.2) is 6.20 Å². The smallest absolute Gasteiger partial charge is 0.239 e. The number of thiazole rings is 1. The Morgan fingerprint density at radius 3 is 2.52 bits per heavy atom. The summed E-state index contributed by atoms with van der Waals surface area (Å²) in [4.78, 5) is 22.4. The first-order valence-electron chi connectivity index (χ1n) is 7.38. The van der Waals surface area contributed by atoms with Crippen molar-refractivity contribution in [2.75, 3.05) is 32.7 Å². The number of nitrogens with zero attached hydrogens (tertiary/aromatic N) is 3. The van der Waals surface area contributed by atoms with Crippen LogP contribution >= 0.6 is 48.6 Å². The molecule has 0 aromatic carbocycles. The van der Waals surface area contributed by atoms with Crippen LogP contribution in [0.2, 0.25) is 0 Å². The molecule has 134 valence electrons. The number of carbonyl (C=O) groups excluding carboxylic acids is 1. The first-order valence-corrected chi connectivity index (χ1v) is 8.20. The maximum absolute atomic E-state index is 12.3. The number of rotatable bonds is 3. The molecule has 1 N–H and O–H groups in total. The minimum Gasteiger partial charge on any atom is -0.339 e. The Hall–Kier alpha value is -0.110. The Kier molecular flexibility index (Phi) is 10.6. The van der Waals surface area contributed by atoms with Crippen molar-refractivity contribution in [2.24, 2.45) is 0 Å². The Bertz CT molecular complexity index is 474. The van der Waals surface area contributed by atoms with E-state index in [1.54, 1.807) is 11.3 Å². The third kappa shape index (κ3) is 6.03. The van der Waals surface area contributed by atoms with Crippen molar-refractivity contribution in [3.63, 3.8) is 0 Å². The van der Waals surface area contributed by atoms with Crippen molar-refractivity contribution in [3.05, 3.63) is 16.1 Å². The van der Waals surface area contributed by atoms with Crippen LogP contribution in [0, 0.1) is 6.92 Å². The number of piperazine rings is 1. The second kappa shape index (κ2) is 10.7. The van der Waals surface area contributed by atoms with Crippen LogP contribution in [0.5, 0.6) is 0 Å². The molecule has 2 aliphatic rings. The molecule has 23 heavy (non-hydrogen) atoms. The Morgan fingerprint density at radius 1 is 1.30 bits per heavy atom. The van der Waals surface area contributed by atoms with Gasteiger partial charge < -0.3 is 10.2 Å². The molecule has 2 aliphatic heterocycles. The Balaban J connectivity index is 0.00000161. The molecule has 2 saturated heterocycles. The van der Waals surface area contributed by atoms with Crippen LogP contribution in [-0.4, -0.2) is 59.5 Å². The summed E-state index contributed by atoms with van der Waals surface area (Å²) in [6, 6.07) is 0.0747. The predicted octanol–water partition coefficient (Wildman–Crippen LogP) is 2.11. The largest absolute Gasteiger partial charge is 0.339 e. The molecule has 3 rings (SSSR count). The monoisotopic (exact) mass is 402 g/mol. The molecule has 0 radical (unpaired) electrons. The zero-order chi connectivity index (χ0) is 13.9. The predicted molar refractivity (Wildman–Crippen MR) is 101 cm³/mol. The molecule has 0 aliphatic carbocycles. The second-order valence-corrected chi connectivity index (χ2v) is 6.92. The number of halogens is 3. The molecule has 1 amide bonds. The maximum atomic E-state index is 12.3. The minimum atomic E-state index is 0. The van der Waals surface area contributed by atoms with Crippen molar-refractivity contribution >= 4 is 54.5 Å². The SMILES string of the molecule is Cc1ncc(CN2CCN(C(=O)C3CCCN3)CC2)s1.Cl.Cl.Cl. The van der Waals surface area contributed by atoms with E-state index in [2.05, 4.69) is 15.2 Å². The first-order chi connectivity index (χ1) is 9.72. The molecular weight excluding hydrogens is 379 g/mol. The van der Waals surface area contributed by atoms with Crippen molar-refractivity contribution < 1.29 is 4.79 Å². The van der Waals surface area contributed by atoms with Gasteiger partial charge in [-0.2, -0.15) is 0 Å². The lowest BCUT2D eigenvalue weighted by atomic mass is 10.2. The summed E-state index contributed by atoms with van der Waals surface area (Å²) in [5.41, 5.74) is 0. The van der Waals surface area contributed by atoms with Crippen LogP contribution < -0.4 is 5.32 Å². The highest BCUT2D eigenvalue weighted by atomic mass is 35.5. The van der Waals surface area contributed by atoms with Gasteiger partial charge in [-0.25, -0.2) is 4.98 Å². The van der Waals surface area contributed by atoms with Gasteiger partial charge in [0.25, 0.3) is 0 Å². The standard InChI is InChI=1S/C14H22N4OS.3ClH/c1-11-16-9-12(20-11)10-17-5-7-18(8-6-17)14(19)13-3-2-4-15-13;;;/h9,13,15H,2-8,10H2,1H3;3*1H. The van der Waals surface area contributed by atoms with Crippen molar-refractivity contribution in [2.45, 2.75) is 32.4 Å². The summed E-state index contributed by atoms with van der Waals surface area (Å²) in [5.74, 6) is 0.302. The fraction of sp³-hybridized carbons (Fsp3) is 0.714. The van der Waals surface area contributed by atoms with E-state index in [0.29, 0.717) is 5.91 Å². The average molecular weight is 404 g/mol. The highest BCUT2D eigenvalue weighted by Crippen LogP contribution is 2.16. The summed E-state index contributed by atoms with van der Waals surface area (Å²) < 4.78 is 0. The van der Waals surface area contributed by atoms with Crippen LogP contribution in [0.4, 0.5) is 0 Å². The number of aromatic nitrogens is 1. The van der Waals surface area contributed by atoms with Crippen molar-refractivity contribution in [1.82, 2.24) is 20.1 Å². The van der Waals surface area contributed by atoms with Gasteiger partial charge in [-0.15, -0.1) is 48.6 Å². The number of amides is 1. The number of nitrogens with one attached hydrogen (secondary N) is 1. The number of hydrogen-bond donors (Lipinski definition) is 1. The number of aryl methyl sites for hydroxylation is 1. The molecule has 1 unspecified atom stereocenters. The third-order valence-corrected chi connectivity index (χ3v) is 4.99. The molecule has 1 aromatic heterocycles. The highest BCUT2D eigenvalue weighted by molar-refractivity contribution is 7.11. The van der Waals surface area contributed by atoms with E-state index in [1.165, 1.54) is 4.88 Å². The Labute approximate surface area is 160 Å². The molecule has 0 saturated carbocycles. The van der Waals surface area contributed by atoms with E-state index in [1.807, 2.05) is 18.0 Å². The van der Waals surface area contributed by atoms with Gasteiger partial charge in [0.2, 0.25) is 5.91 Å². The molecule has 2 fully saturated rings. The first kappa shape index (κ1) is 22.9. The molecule has 1 aromatic rings. The zero-order valence-corrected chi connectivity index (χ0v) is 16.5. The molecule has 3 heterocycles. The average Bonchev–Trinajstić information content (AvgIpc) is 3.11. The van der Waals surface area contributed by atoms with Gasteiger partial charge >= 0.3 is 0 Å². The van der Waals surface area contributed by atoms with E-state index in [4.69, 9.17) is 0 Å². The second-order valence-electron chi connectivity index (χ2n) is 5.60. The molecule has 0 spiro atoms. The highest BCUT2D eigenvalue weighted by Gasteiger charge is 2.29. The van der Waals surface area contributed by atoms with Crippen molar-refractivity contribution in [1.29, 1.82) is 0 Å². The van der Waals surface area contributed by atoms with Gasteiger partial charge in [0.05, 0.1) is 11.0 Å². The Morgan fingerprint density at radius 2 is 2.00 bits per heavy atom. The number of carbonyl (C=O) groups is 1. The minimum absolute atomic E-state index is 0. The van der Waals surface area contributed by atoms with Crippen LogP contribution in [-0.2, 0) is 11.3 Å². The molecule has 1 atom stereocenters. The zero-order valence-electron chi connectivity index (χ0n) is 13.2. The molecule has 9 heteroatoms. The fourth-order valence-electron chi connectivity index (χ4n) is 2.94. The van der Waals surface area contributed by atoms with Gasteiger partial charge in [-0.1, -0.05) is 0 Å². The number of hydrogen-bond acceptors (Lipinski definition) is 5. The van der Waals surface area contributed by atoms with Gasteiger partial charge in [-0.3, -0.25) is 9.69 Å². The van der Waals surface area contributed by atoms with E-state index in [-0.39, 0.29) is 43.3 Å². The van der Waals surface area contributed by atoms with Gasteiger partial charge in [0.1, 0.15) is 0 Å². The summed E-state index contributed by atoms with van der Waals surface area (Å²) in [7, 11) is 0. The maximum Gasteiger partial charge on any atom is 0.239 e. The van der Waals surface area contributed by atoms with Gasteiger partial charge in [-0.05, 0) is 26.3 Å². The van der Waals surface area contributed by atoms with Crippen LogP contribution in [0.3, 0.4) is 0 Å². The molecular formula is C14H25Cl3N4OS. The van der Waals surface area contributed by atoms with E-state index in [0.717, 1.165) is 57.1 Å². The quantitative estimate of drug-likeness (QED) is 0.840.